The Morgan fingerprint density at radius 2 is 1.59 bits per heavy atom. The van der Waals surface area contributed by atoms with Gasteiger partial charge in [0.1, 0.15) is 11.8 Å². The van der Waals surface area contributed by atoms with Crippen molar-refractivity contribution in [3.63, 3.8) is 0 Å². The summed E-state index contributed by atoms with van der Waals surface area (Å²) in [4.78, 5) is 27.2. The van der Waals surface area contributed by atoms with E-state index in [9.17, 15) is 9.59 Å². The van der Waals surface area contributed by atoms with Crippen molar-refractivity contribution in [1.29, 1.82) is 0 Å². The lowest BCUT2D eigenvalue weighted by atomic mass is 10.1. The SMILES string of the molecule is COc1ccc(CC(=O)N(Cc2ccccc2)[C@@H](C)C(=O)NC(C)C)cc1. The molecule has 2 aromatic carbocycles. The summed E-state index contributed by atoms with van der Waals surface area (Å²) in [6.07, 6.45) is 0.232. The zero-order valence-corrected chi connectivity index (χ0v) is 16.4. The third-order valence-electron chi connectivity index (χ3n) is 4.31. The molecule has 0 unspecified atom stereocenters. The Morgan fingerprint density at radius 3 is 2.15 bits per heavy atom. The van der Waals surface area contributed by atoms with Gasteiger partial charge in [-0.05, 0) is 44.0 Å². The molecule has 0 aromatic heterocycles. The second-order valence-corrected chi connectivity index (χ2v) is 6.87. The van der Waals surface area contributed by atoms with E-state index in [1.54, 1.807) is 18.9 Å². The van der Waals surface area contributed by atoms with Gasteiger partial charge in [-0.1, -0.05) is 42.5 Å². The Hall–Kier alpha value is -2.82. The number of amides is 2. The summed E-state index contributed by atoms with van der Waals surface area (Å²) in [7, 11) is 1.61. The van der Waals surface area contributed by atoms with E-state index in [1.807, 2.05) is 68.4 Å². The number of ether oxygens (including phenoxy) is 1. The monoisotopic (exact) mass is 368 g/mol. The molecule has 5 heteroatoms. The van der Waals surface area contributed by atoms with Crippen molar-refractivity contribution < 1.29 is 14.3 Å². The van der Waals surface area contributed by atoms with E-state index in [1.165, 1.54) is 0 Å². The highest BCUT2D eigenvalue weighted by atomic mass is 16.5. The average Bonchev–Trinajstić information content (AvgIpc) is 2.66. The molecule has 0 radical (unpaired) electrons. The van der Waals surface area contributed by atoms with Crippen LogP contribution in [0.25, 0.3) is 0 Å². The highest BCUT2D eigenvalue weighted by Gasteiger charge is 2.26. The fourth-order valence-electron chi connectivity index (χ4n) is 2.79. The summed E-state index contributed by atoms with van der Waals surface area (Å²) in [6, 6.07) is 16.6. The molecule has 0 bridgehead atoms. The highest BCUT2D eigenvalue weighted by Crippen LogP contribution is 2.15. The van der Waals surface area contributed by atoms with Crippen LogP contribution in [-0.4, -0.2) is 35.9 Å². The summed E-state index contributed by atoms with van der Waals surface area (Å²) in [5.74, 6) is 0.511. The zero-order valence-electron chi connectivity index (χ0n) is 16.4. The summed E-state index contributed by atoms with van der Waals surface area (Å²) in [6.45, 7) is 5.98. The van der Waals surface area contributed by atoms with Crippen LogP contribution in [0.15, 0.2) is 54.6 Å². The Labute approximate surface area is 161 Å². The Balaban J connectivity index is 2.18. The fraction of sp³-hybridized carbons (Fsp3) is 0.364. The van der Waals surface area contributed by atoms with Crippen LogP contribution in [0.1, 0.15) is 31.9 Å². The molecular weight excluding hydrogens is 340 g/mol. The molecule has 1 N–H and O–H groups in total. The van der Waals surface area contributed by atoms with Crippen LogP contribution in [0.3, 0.4) is 0 Å². The van der Waals surface area contributed by atoms with Crippen LogP contribution in [0.5, 0.6) is 5.75 Å². The van der Waals surface area contributed by atoms with Gasteiger partial charge in [0.15, 0.2) is 0 Å². The van der Waals surface area contributed by atoms with Gasteiger partial charge in [-0.25, -0.2) is 0 Å². The predicted octanol–water partition coefficient (Wildman–Crippen LogP) is 3.18. The molecule has 1 atom stereocenters. The Morgan fingerprint density at radius 1 is 0.963 bits per heavy atom. The lowest BCUT2D eigenvalue weighted by Crippen LogP contribution is -2.49. The molecule has 0 aliphatic heterocycles. The van der Waals surface area contributed by atoms with Gasteiger partial charge >= 0.3 is 0 Å². The minimum absolute atomic E-state index is 0.0233. The zero-order chi connectivity index (χ0) is 19.8. The molecule has 144 valence electrons. The largest absolute Gasteiger partial charge is 0.497 e. The van der Waals surface area contributed by atoms with Crippen molar-refractivity contribution in [3.8, 4) is 5.75 Å². The van der Waals surface area contributed by atoms with Gasteiger partial charge in [0.25, 0.3) is 0 Å². The smallest absolute Gasteiger partial charge is 0.242 e. The summed E-state index contributed by atoms with van der Waals surface area (Å²) < 4.78 is 5.16. The van der Waals surface area contributed by atoms with E-state index in [-0.39, 0.29) is 24.3 Å². The van der Waals surface area contributed by atoms with Crippen LogP contribution in [0.4, 0.5) is 0 Å². The summed E-state index contributed by atoms with van der Waals surface area (Å²) in [5, 5.41) is 2.89. The Bertz CT molecular complexity index is 742. The minimum atomic E-state index is -0.557. The first-order chi connectivity index (χ1) is 12.9. The van der Waals surface area contributed by atoms with E-state index in [4.69, 9.17) is 4.74 Å². The van der Waals surface area contributed by atoms with Crippen molar-refractivity contribution in [2.45, 2.75) is 45.8 Å². The number of benzene rings is 2. The maximum atomic E-state index is 13.0. The number of nitrogens with one attached hydrogen (secondary N) is 1. The molecule has 0 saturated carbocycles. The van der Waals surface area contributed by atoms with Crippen molar-refractivity contribution in [2.24, 2.45) is 0 Å². The molecular formula is C22H28N2O3. The normalized spacial score (nSPS) is 11.7. The predicted molar refractivity (Wildman–Crippen MR) is 106 cm³/mol. The van der Waals surface area contributed by atoms with E-state index < -0.39 is 6.04 Å². The quantitative estimate of drug-likeness (QED) is 0.779. The third kappa shape index (κ3) is 6.13. The maximum absolute atomic E-state index is 13.0. The maximum Gasteiger partial charge on any atom is 0.242 e. The number of carbonyl (C=O) groups excluding carboxylic acids is 2. The molecule has 0 aliphatic carbocycles. The van der Waals surface area contributed by atoms with Crippen LogP contribution < -0.4 is 10.1 Å². The molecule has 0 heterocycles. The van der Waals surface area contributed by atoms with Gasteiger partial charge in [0.2, 0.25) is 11.8 Å². The topological polar surface area (TPSA) is 58.6 Å². The van der Waals surface area contributed by atoms with Gasteiger partial charge < -0.3 is 15.0 Å². The number of rotatable bonds is 8. The molecule has 2 amide bonds. The molecule has 2 rings (SSSR count). The first kappa shape index (κ1) is 20.5. The molecule has 2 aromatic rings. The average molecular weight is 368 g/mol. The van der Waals surface area contributed by atoms with Gasteiger partial charge in [-0.15, -0.1) is 0 Å². The van der Waals surface area contributed by atoms with Gasteiger partial charge in [-0.2, -0.15) is 0 Å². The number of carbonyl (C=O) groups is 2. The van der Waals surface area contributed by atoms with Gasteiger partial charge in [-0.3, -0.25) is 9.59 Å². The molecule has 5 nitrogen and oxygen atoms in total. The molecule has 0 aliphatic rings. The van der Waals surface area contributed by atoms with Crippen LogP contribution in [-0.2, 0) is 22.6 Å². The van der Waals surface area contributed by atoms with Crippen LogP contribution in [0, 0.1) is 0 Å². The third-order valence-corrected chi connectivity index (χ3v) is 4.31. The highest BCUT2D eigenvalue weighted by molar-refractivity contribution is 5.88. The Kier molecular flexibility index (Phi) is 7.41. The fourth-order valence-corrected chi connectivity index (χ4v) is 2.79. The van der Waals surface area contributed by atoms with Crippen LogP contribution in [0.2, 0.25) is 0 Å². The second kappa shape index (κ2) is 9.76. The summed E-state index contributed by atoms with van der Waals surface area (Å²) in [5.41, 5.74) is 1.88. The molecule has 0 spiro atoms. The lowest BCUT2D eigenvalue weighted by Gasteiger charge is -2.29. The lowest BCUT2D eigenvalue weighted by molar-refractivity contribution is -0.140. The number of hydrogen-bond donors (Lipinski definition) is 1. The first-order valence-corrected chi connectivity index (χ1v) is 9.17. The summed E-state index contributed by atoms with van der Waals surface area (Å²) >= 11 is 0. The number of nitrogens with zero attached hydrogens (tertiary/aromatic N) is 1. The van der Waals surface area contributed by atoms with Crippen molar-refractivity contribution >= 4 is 11.8 Å². The number of methoxy groups -OCH3 is 1. The van der Waals surface area contributed by atoms with E-state index in [0.29, 0.717) is 6.54 Å². The van der Waals surface area contributed by atoms with Crippen molar-refractivity contribution in [1.82, 2.24) is 10.2 Å². The molecule has 27 heavy (non-hydrogen) atoms. The van der Waals surface area contributed by atoms with Gasteiger partial charge in [0, 0.05) is 12.6 Å². The number of hydrogen-bond acceptors (Lipinski definition) is 3. The minimum Gasteiger partial charge on any atom is -0.497 e. The van der Waals surface area contributed by atoms with Gasteiger partial charge in [0.05, 0.1) is 13.5 Å². The first-order valence-electron chi connectivity index (χ1n) is 9.17. The molecule has 0 fully saturated rings. The van der Waals surface area contributed by atoms with Crippen LogP contribution >= 0.6 is 0 Å². The van der Waals surface area contributed by atoms with Crippen molar-refractivity contribution in [3.05, 3.63) is 65.7 Å². The van der Waals surface area contributed by atoms with Crippen molar-refractivity contribution in [2.75, 3.05) is 7.11 Å². The van der Waals surface area contributed by atoms with E-state index in [2.05, 4.69) is 5.32 Å². The van der Waals surface area contributed by atoms with E-state index >= 15 is 0 Å². The standard InChI is InChI=1S/C22H28N2O3/c1-16(2)23-22(26)17(3)24(15-19-8-6-5-7-9-19)21(25)14-18-10-12-20(27-4)13-11-18/h5-13,16-17H,14-15H2,1-4H3,(H,23,26)/t17-/m0/s1. The molecule has 0 saturated heterocycles. The second-order valence-electron chi connectivity index (χ2n) is 6.87. The van der Waals surface area contributed by atoms with E-state index in [0.717, 1.165) is 16.9 Å².